The lowest BCUT2D eigenvalue weighted by molar-refractivity contribution is 0.123. The van der Waals surface area contributed by atoms with Crippen LogP contribution in [0.5, 0.6) is 11.5 Å². The highest BCUT2D eigenvalue weighted by Crippen LogP contribution is 2.27. The van der Waals surface area contributed by atoms with Gasteiger partial charge in [-0.2, -0.15) is 0 Å². The number of methoxy groups -OCH3 is 2. The molecule has 0 amide bonds. The summed E-state index contributed by atoms with van der Waals surface area (Å²) in [4.78, 5) is 0. The van der Waals surface area contributed by atoms with Crippen LogP contribution < -0.4 is 14.8 Å². The Morgan fingerprint density at radius 1 is 1.17 bits per heavy atom. The van der Waals surface area contributed by atoms with Crippen LogP contribution in [-0.4, -0.2) is 32.0 Å². The first-order valence-electron chi connectivity index (χ1n) is 6.18. The number of ether oxygens (including phenoxy) is 2. The zero-order chi connectivity index (χ0) is 13.5. The van der Waals surface area contributed by atoms with Gasteiger partial charge in [-0.25, -0.2) is 0 Å². The van der Waals surface area contributed by atoms with Crippen molar-refractivity contribution in [2.75, 3.05) is 20.8 Å². The second kappa shape index (κ2) is 7.24. The molecule has 1 atom stereocenters. The van der Waals surface area contributed by atoms with E-state index in [9.17, 15) is 5.11 Å². The lowest BCUT2D eigenvalue weighted by atomic mass is 10.1. The van der Waals surface area contributed by atoms with E-state index >= 15 is 0 Å². The summed E-state index contributed by atoms with van der Waals surface area (Å²) >= 11 is 0. The minimum absolute atomic E-state index is 0.267. The summed E-state index contributed by atoms with van der Waals surface area (Å²) < 4.78 is 10.4. The Hall–Kier alpha value is -1.26. The van der Waals surface area contributed by atoms with Crippen LogP contribution in [0.25, 0.3) is 0 Å². The van der Waals surface area contributed by atoms with Gasteiger partial charge in [-0.05, 0) is 23.6 Å². The molecule has 0 aliphatic heterocycles. The average Bonchev–Trinajstić information content (AvgIpc) is 2.38. The van der Waals surface area contributed by atoms with E-state index in [0.29, 0.717) is 13.1 Å². The van der Waals surface area contributed by atoms with E-state index in [0.717, 1.165) is 17.1 Å². The molecule has 4 heteroatoms. The normalized spacial score (nSPS) is 12.6. The fourth-order valence-corrected chi connectivity index (χ4v) is 1.59. The second-order valence-electron chi connectivity index (χ2n) is 4.63. The number of nitrogens with one attached hydrogen (secondary N) is 1. The second-order valence-corrected chi connectivity index (χ2v) is 4.63. The minimum Gasteiger partial charge on any atom is -0.493 e. The third-order valence-electron chi connectivity index (χ3n) is 2.90. The third kappa shape index (κ3) is 4.20. The molecule has 1 unspecified atom stereocenters. The summed E-state index contributed by atoms with van der Waals surface area (Å²) in [5.41, 5.74) is 1.10. The predicted molar refractivity (Wildman–Crippen MR) is 72.1 cm³/mol. The highest BCUT2D eigenvalue weighted by atomic mass is 16.5. The van der Waals surface area contributed by atoms with Gasteiger partial charge in [0.25, 0.3) is 0 Å². The van der Waals surface area contributed by atoms with Crippen LogP contribution in [0.2, 0.25) is 0 Å². The van der Waals surface area contributed by atoms with E-state index in [2.05, 4.69) is 5.32 Å². The molecule has 102 valence electrons. The molecule has 0 spiro atoms. The maximum absolute atomic E-state index is 9.68. The number of rotatable bonds is 7. The molecule has 1 aromatic rings. The van der Waals surface area contributed by atoms with Gasteiger partial charge in [0, 0.05) is 13.1 Å². The fourth-order valence-electron chi connectivity index (χ4n) is 1.59. The van der Waals surface area contributed by atoms with Crippen molar-refractivity contribution in [2.45, 2.75) is 26.5 Å². The topological polar surface area (TPSA) is 50.7 Å². The van der Waals surface area contributed by atoms with Crippen LogP contribution in [0.15, 0.2) is 18.2 Å². The van der Waals surface area contributed by atoms with Crippen LogP contribution in [0, 0.1) is 5.92 Å². The molecule has 0 saturated heterocycles. The first kappa shape index (κ1) is 14.8. The molecule has 0 radical (unpaired) electrons. The zero-order valence-electron chi connectivity index (χ0n) is 11.6. The Labute approximate surface area is 109 Å². The van der Waals surface area contributed by atoms with Crippen LogP contribution in [0.4, 0.5) is 0 Å². The van der Waals surface area contributed by atoms with Crippen LogP contribution in [0.3, 0.4) is 0 Å². The van der Waals surface area contributed by atoms with Crippen molar-refractivity contribution < 1.29 is 14.6 Å². The molecule has 0 heterocycles. The molecule has 0 aromatic heterocycles. The minimum atomic E-state index is -0.315. The summed E-state index contributed by atoms with van der Waals surface area (Å²) in [6, 6.07) is 5.80. The smallest absolute Gasteiger partial charge is 0.161 e. The largest absolute Gasteiger partial charge is 0.493 e. The summed E-state index contributed by atoms with van der Waals surface area (Å²) in [5.74, 6) is 1.72. The van der Waals surface area contributed by atoms with Gasteiger partial charge < -0.3 is 19.9 Å². The van der Waals surface area contributed by atoms with Crippen molar-refractivity contribution in [3.63, 3.8) is 0 Å². The van der Waals surface area contributed by atoms with E-state index < -0.39 is 0 Å². The maximum atomic E-state index is 9.68. The Balaban J connectivity index is 2.53. The number of benzene rings is 1. The number of hydrogen-bond acceptors (Lipinski definition) is 4. The number of aliphatic hydroxyl groups excluding tert-OH is 1. The molecule has 0 aliphatic rings. The summed E-state index contributed by atoms with van der Waals surface area (Å²) in [5, 5.41) is 12.9. The molecule has 0 bridgehead atoms. The van der Waals surface area contributed by atoms with E-state index in [1.165, 1.54) is 0 Å². The molecule has 0 saturated carbocycles. The summed E-state index contributed by atoms with van der Waals surface area (Å²) in [6.45, 7) is 5.29. The van der Waals surface area contributed by atoms with E-state index in [1.807, 2.05) is 32.0 Å². The molecule has 1 rings (SSSR count). The van der Waals surface area contributed by atoms with Crippen molar-refractivity contribution in [2.24, 2.45) is 5.92 Å². The summed E-state index contributed by atoms with van der Waals surface area (Å²) in [7, 11) is 3.24. The van der Waals surface area contributed by atoms with Crippen LogP contribution in [0.1, 0.15) is 19.4 Å². The maximum Gasteiger partial charge on any atom is 0.161 e. The third-order valence-corrected chi connectivity index (χ3v) is 2.90. The van der Waals surface area contributed by atoms with Crippen molar-refractivity contribution in [3.05, 3.63) is 23.8 Å². The van der Waals surface area contributed by atoms with Gasteiger partial charge in [0.1, 0.15) is 0 Å². The van der Waals surface area contributed by atoms with Gasteiger partial charge in [0.2, 0.25) is 0 Å². The highest BCUT2D eigenvalue weighted by molar-refractivity contribution is 5.42. The quantitative estimate of drug-likeness (QED) is 0.778. The van der Waals surface area contributed by atoms with Crippen molar-refractivity contribution in [3.8, 4) is 11.5 Å². The Morgan fingerprint density at radius 2 is 1.83 bits per heavy atom. The first-order valence-corrected chi connectivity index (χ1v) is 6.18. The van der Waals surface area contributed by atoms with Gasteiger partial charge in [-0.15, -0.1) is 0 Å². The monoisotopic (exact) mass is 253 g/mol. The Morgan fingerprint density at radius 3 is 2.39 bits per heavy atom. The van der Waals surface area contributed by atoms with E-state index in [-0.39, 0.29) is 12.0 Å². The number of aliphatic hydroxyl groups is 1. The van der Waals surface area contributed by atoms with Crippen molar-refractivity contribution in [1.82, 2.24) is 5.32 Å². The average molecular weight is 253 g/mol. The van der Waals surface area contributed by atoms with Gasteiger partial charge in [-0.3, -0.25) is 0 Å². The molecule has 18 heavy (non-hydrogen) atoms. The lowest BCUT2D eigenvalue weighted by Gasteiger charge is -2.15. The molecule has 2 N–H and O–H groups in total. The first-order chi connectivity index (χ1) is 8.58. The fraction of sp³-hybridized carbons (Fsp3) is 0.571. The molecule has 1 aromatic carbocycles. The number of hydrogen-bond donors (Lipinski definition) is 2. The van der Waals surface area contributed by atoms with Gasteiger partial charge in [0.05, 0.1) is 20.3 Å². The lowest BCUT2D eigenvalue weighted by Crippen LogP contribution is -2.30. The zero-order valence-corrected chi connectivity index (χ0v) is 11.6. The van der Waals surface area contributed by atoms with Gasteiger partial charge in [-0.1, -0.05) is 19.9 Å². The molecular formula is C14H23NO3. The van der Waals surface area contributed by atoms with Crippen molar-refractivity contribution in [1.29, 1.82) is 0 Å². The van der Waals surface area contributed by atoms with Crippen LogP contribution >= 0.6 is 0 Å². The Kier molecular flexibility index (Phi) is 5.95. The molecule has 4 nitrogen and oxygen atoms in total. The van der Waals surface area contributed by atoms with Crippen molar-refractivity contribution >= 4 is 0 Å². The SMILES string of the molecule is COc1ccc(CNCC(O)C(C)C)cc1OC. The van der Waals surface area contributed by atoms with E-state index in [4.69, 9.17) is 9.47 Å². The van der Waals surface area contributed by atoms with Gasteiger partial charge >= 0.3 is 0 Å². The summed E-state index contributed by atoms with van der Waals surface area (Å²) in [6.07, 6.45) is -0.315. The van der Waals surface area contributed by atoms with E-state index in [1.54, 1.807) is 14.2 Å². The standard InChI is InChI=1S/C14H23NO3/c1-10(2)12(16)9-15-8-11-5-6-13(17-3)14(7-11)18-4/h5-7,10,12,15-16H,8-9H2,1-4H3. The van der Waals surface area contributed by atoms with Gasteiger partial charge in [0.15, 0.2) is 11.5 Å². The Bertz CT molecular complexity index is 366. The highest BCUT2D eigenvalue weighted by Gasteiger charge is 2.09. The molecule has 0 fully saturated rings. The molecular weight excluding hydrogens is 230 g/mol. The van der Waals surface area contributed by atoms with Crippen LogP contribution in [-0.2, 0) is 6.54 Å². The predicted octanol–water partition coefficient (Wildman–Crippen LogP) is 1.81. The molecule has 0 aliphatic carbocycles.